The highest BCUT2D eigenvalue weighted by Gasteiger charge is 2.28. The maximum absolute atomic E-state index is 12.2. The topological polar surface area (TPSA) is 60.0 Å². The van der Waals surface area contributed by atoms with Gasteiger partial charge in [-0.15, -0.1) is 0 Å². The zero-order valence-electron chi connectivity index (χ0n) is 16.5. The van der Waals surface area contributed by atoms with E-state index in [0.717, 1.165) is 48.6 Å². The summed E-state index contributed by atoms with van der Waals surface area (Å²) in [5, 5.41) is 7.97. The highest BCUT2D eigenvalue weighted by atomic mass is 16.2. The minimum Gasteiger partial charge on any atom is -0.380 e. The number of hydrazone groups is 1. The van der Waals surface area contributed by atoms with E-state index in [1.165, 1.54) is 22.3 Å². The number of carbonyl (C=O) groups is 1. The first kappa shape index (κ1) is 17.6. The number of rotatable bonds is 0. The molecule has 4 rings (SSSR count). The number of likely N-dealkylation sites (N-methyl/N-ethyl adjacent to an activating group) is 2. The number of allylic oxidation sites excluding steroid dienone is 3. The number of anilines is 3. The quantitative estimate of drug-likeness (QED) is 0.740. The van der Waals surface area contributed by atoms with Crippen LogP contribution >= 0.6 is 0 Å². The van der Waals surface area contributed by atoms with Crippen molar-refractivity contribution in [2.45, 2.75) is 33.1 Å². The molecule has 1 aromatic carbocycles. The second-order valence-corrected chi connectivity index (χ2v) is 7.68. The Labute approximate surface area is 160 Å². The molecule has 0 fully saturated rings. The third-order valence-corrected chi connectivity index (χ3v) is 5.89. The number of carbonyl (C=O) groups excluding carboxylic acids is 1. The molecule has 3 aliphatic heterocycles. The minimum atomic E-state index is 0.121. The lowest BCUT2D eigenvalue weighted by Crippen LogP contribution is -2.42. The summed E-state index contributed by atoms with van der Waals surface area (Å²) in [5.74, 6) is 0.121. The van der Waals surface area contributed by atoms with E-state index in [0.29, 0.717) is 6.54 Å². The van der Waals surface area contributed by atoms with E-state index in [1.54, 1.807) is 4.90 Å². The molecule has 0 atom stereocenters. The van der Waals surface area contributed by atoms with E-state index in [4.69, 9.17) is 0 Å². The Morgan fingerprint density at radius 1 is 1.11 bits per heavy atom. The molecule has 0 aromatic heterocycles. The number of fused-ring (bicyclic) bond motifs is 3. The van der Waals surface area contributed by atoms with Crippen LogP contribution in [-0.2, 0) is 4.79 Å². The van der Waals surface area contributed by atoms with Crippen LogP contribution in [0.25, 0.3) is 5.57 Å². The van der Waals surface area contributed by atoms with Crippen molar-refractivity contribution in [3.05, 3.63) is 34.5 Å². The fourth-order valence-electron chi connectivity index (χ4n) is 3.98. The first-order valence-corrected chi connectivity index (χ1v) is 9.53. The largest absolute Gasteiger partial charge is 0.380 e. The highest BCUT2D eigenvalue weighted by Crippen LogP contribution is 2.42. The first-order valence-electron chi connectivity index (χ1n) is 9.53. The maximum Gasteiger partial charge on any atom is 0.246 e. The molecule has 0 saturated heterocycles. The summed E-state index contributed by atoms with van der Waals surface area (Å²) >= 11 is 0. The average Bonchev–Trinajstić information content (AvgIpc) is 2.65. The summed E-state index contributed by atoms with van der Waals surface area (Å²) in [4.78, 5) is 16.0. The van der Waals surface area contributed by atoms with Crippen LogP contribution in [0.15, 0.2) is 34.1 Å². The lowest BCUT2D eigenvalue weighted by molar-refractivity contribution is -0.117. The SMILES string of the molecule is C/C1=C(/C)N/N=C/C2=C(CCC1)c1cc3c(cc1NC2)N(C)C(=O)CN3C. The van der Waals surface area contributed by atoms with Gasteiger partial charge in [-0.05, 0) is 56.4 Å². The Morgan fingerprint density at radius 3 is 2.74 bits per heavy atom. The molecule has 6 nitrogen and oxygen atoms in total. The monoisotopic (exact) mass is 365 g/mol. The number of amides is 1. The van der Waals surface area contributed by atoms with Gasteiger partial charge in [0.2, 0.25) is 5.91 Å². The lowest BCUT2D eigenvalue weighted by atomic mass is 9.89. The van der Waals surface area contributed by atoms with Crippen LogP contribution in [0.4, 0.5) is 17.1 Å². The Balaban J connectivity index is 1.78. The van der Waals surface area contributed by atoms with Gasteiger partial charge < -0.3 is 15.1 Å². The van der Waals surface area contributed by atoms with E-state index in [1.807, 2.05) is 25.2 Å². The minimum absolute atomic E-state index is 0.121. The Morgan fingerprint density at radius 2 is 1.93 bits per heavy atom. The first-order chi connectivity index (χ1) is 13.0. The van der Waals surface area contributed by atoms with Gasteiger partial charge in [0, 0.05) is 37.6 Å². The van der Waals surface area contributed by atoms with Gasteiger partial charge in [0.05, 0.1) is 24.1 Å². The van der Waals surface area contributed by atoms with Crippen LogP contribution in [0.3, 0.4) is 0 Å². The third kappa shape index (κ3) is 3.09. The Bertz CT molecular complexity index is 896. The molecule has 0 saturated carbocycles. The highest BCUT2D eigenvalue weighted by molar-refractivity contribution is 6.06. The molecular formula is C21H27N5O. The van der Waals surface area contributed by atoms with Gasteiger partial charge in [0.15, 0.2) is 0 Å². The van der Waals surface area contributed by atoms with Crippen LogP contribution < -0.4 is 20.5 Å². The fourth-order valence-corrected chi connectivity index (χ4v) is 3.98. The second-order valence-electron chi connectivity index (χ2n) is 7.68. The van der Waals surface area contributed by atoms with Crippen molar-refractivity contribution in [3.8, 4) is 0 Å². The van der Waals surface area contributed by atoms with Gasteiger partial charge in [-0.3, -0.25) is 10.2 Å². The molecule has 0 bridgehead atoms. The number of hydrogen-bond acceptors (Lipinski definition) is 5. The van der Waals surface area contributed by atoms with Gasteiger partial charge in [-0.25, -0.2) is 0 Å². The molecule has 0 aliphatic carbocycles. The summed E-state index contributed by atoms with van der Waals surface area (Å²) in [5.41, 5.74) is 12.6. The zero-order valence-corrected chi connectivity index (χ0v) is 16.5. The van der Waals surface area contributed by atoms with Crippen molar-refractivity contribution in [1.29, 1.82) is 0 Å². The third-order valence-electron chi connectivity index (χ3n) is 5.89. The van der Waals surface area contributed by atoms with Crippen molar-refractivity contribution >= 4 is 34.8 Å². The van der Waals surface area contributed by atoms with E-state index in [-0.39, 0.29) is 5.91 Å². The van der Waals surface area contributed by atoms with E-state index in [9.17, 15) is 4.79 Å². The molecule has 0 unspecified atom stereocenters. The number of benzene rings is 1. The molecule has 2 N–H and O–H groups in total. The average molecular weight is 365 g/mol. The zero-order chi connectivity index (χ0) is 19.1. The normalized spacial score (nSPS) is 23.8. The van der Waals surface area contributed by atoms with Crippen molar-refractivity contribution in [3.63, 3.8) is 0 Å². The molecule has 27 heavy (non-hydrogen) atoms. The number of nitrogens with one attached hydrogen (secondary N) is 2. The molecular weight excluding hydrogens is 338 g/mol. The summed E-state index contributed by atoms with van der Waals surface area (Å²) < 4.78 is 0. The molecule has 3 aliphatic rings. The van der Waals surface area contributed by atoms with Crippen LogP contribution in [0, 0.1) is 0 Å². The van der Waals surface area contributed by atoms with Gasteiger partial charge >= 0.3 is 0 Å². The summed E-state index contributed by atoms with van der Waals surface area (Å²) in [6.07, 6.45) is 5.16. The van der Waals surface area contributed by atoms with Gasteiger partial charge in [0.1, 0.15) is 0 Å². The molecule has 6 heteroatoms. The van der Waals surface area contributed by atoms with E-state index < -0.39 is 0 Å². The van der Waals surface area contributed by atoms with Crippen LogP contribution in [0.2, 0.25) is 0 Å². The van der Waals surface area contributed by atoms with Crippen LogP contribution in [0.1, 0.15) is 38.7 Å². The van der Waals surface area contributed by atoms with Crippen molar-refractivity contribution < 1.29 is 4.79 Å². The number of nitrogens with zero attached hydrogens (tertiary/aromatic N) is 3. The summed E-state index contributed by atoms with van der Waals surface area (Å²) in [7, 11) is 3.84. The molecule has 3 heterocycles. The van der Waals surface area contributed by atoms with Crippen molar-refractivity contribution in [2.75, 3.05) is 42.3 Å². The van der Waals surface area contributed by atoms with Gasteiger partial charge in [-0.2, -0.15) is 5.10 Å². The maximum atomic E-state index is 12.2. The standard InChI is InChI=1S/C21H27N5O/c1-13-6-5-7-16-15(11-23-24-14(13)2)10-22-18-9-20-19(8-17(16)18)25(3)12-21(27)26(20)4/h8-9,11,22,24H,5-7,10,12H2,1-4H3/b14-13+,23-11+. The molecule has 142 valence electrons. The lowest BCUT2D eigenvalue weighted by Gasteiger charge is -2.35. The summed E-state index contributed by atoms with van der Waals surface area (Å²) in [6.45, 7) is 5.42. The Hall–Kier alpha value is -2.76. The van der Waals surface area contributed by atoms with Gasteiger partial charge in [0.25, 0.3) is 0 Å². The predicted octanol–water partition coefficient (Wildman–Crippen LogP) is 3.33. The predicted molar refractivity (Wildman–Crippen MR) is 112 cm³/mol. The number of hydrogen-bond donors (Lipinski definition) is 2. The van der Waals surface area contributed by atoms with Crippen molar-refractivity contribution in [2.24, 2.45) is 5.10 Å². The molecule has 1 amide bonds. The second kappa shape index (κ2) is 6.76. The fraction of sp³-hybridized carbons (Fsp3) is 0.429. The molecule has 0 spiro atoms. The van der Waals surface area contributed by atoms with Crippen LogP contribution in [0.5, 0.6) is 0 Å². The molecule has 0 radical (unpaired) electrons. The van der Waals surface area contributed by atoms with Crippen molar-refractivity contribution in [1.82, 2.24) is 5.43 Å². The Kier molecular flexibility index (Phi) is 4.42. The smallest absolute Gasteiger partial charge is 0.246 e. The summed E-state index contributed by atoms with van der Waals surface area (Å²) in [6, 6.07) is 4.35. The van der Waals surface area contributed by atoms with E-state index in [2.05, 4.69) is 41.8 Å². The van der Waals surface area contributed by atoms with Gasteiger partial charge in [-0.1, -0.05) is 5.57 Å². The van der Waals surface area contributed by atoms with E-state index >= 15 is 0 Å². The van der Waals surface area contributed by atoms with Crippen LogP contribution in [-0.4, -0.2) is 39.3 Å². The molecule has 1 aromatic rings.